The average Bonchev–Trinajstić information content (AvgIpc) is 2.65. The van der Waals surface area contributed by atoms with E-state index in [1.54, 1.807) is 20.8 Å². The predicted octanol–water partition coefficient (Wildman–Crippen LogP) is 5.78. The lowest BCUT2D eigenvalue weighted by Gasteiger charge is -2.28. The average molecular weight is 550 g/mol. The van der Waals surface area contributed by atoms with E-state index in [2.05, 4.69) is 26.0 Å². The lowest BCUT2D eigenvalue weighted by Crippen LogP contribution is -2.45. The summed E-state index contributed by atoms with van der Waals surface area (Å²) in [6.07, 6.45) is -0.150. The van der Waals surface area contributed by atoms with Gasteiger partial charge in [0, 0.05) is 45.0 Å². The molecule has 0 aliphatic rings. The molecule has 7 nitrogen and oxygen atoms in total. The summed E-state index contributed by atoms with van der Waals surface area (Å²) in [7, 11) is 0. The third-order valence-electron chi connectivity index (χ3n) is 4.31. The Morgan fingerprint density at radius 1 is 1.31 bits per heavy atom. The van der Waals surface area contributed by atoms with Gasteiger partial charge in [0.2, 0.25) is 0 Å². The van der Waals surface area contributed by atoms with Crippen LogP contribution in [0.5, 0.6) is 0 Å². The SMILES string of the molecule is CC(C)(C)[S+]([O-])N[C@@H](C#N)C[C@@H](Nc1cc(Cl)ccc1[N+](=O)[O-])c1c(F)cc(F)cc1Br. The van der Waals surface area contributed by atoms with Crippen LogP contribution in [0.2, 0.25) is 5.02 Å². The fourth-order valence-corrected chi connectivity index (χ4v) is 4.39. The minimum absolute atomic E-state index is 0.0169. The summed E-state index contributed by atoms with van der Waals surface area (Å²) in [6, 6.07) is 5.43. The fraction of sp³-hybridized carbons (Fsp3) is 0.350. The van der Waals surface area contributed by atoms with Crippen LogP contribution >= 0.6 is 27.5 Å². The first-order valence-electron chi connectivity index (χ1n) is 9.26. The first-order valence-corrected chi connectivity index (χ1v) is 11.6. The first kappa shape index (κ1) is 26.3. The molecule has 0 heterocycles. The van der Waals surface area contributed by atoms with Crippen molar-refractivity contribution in [3.8, 4) is 6.07 Å². The van der Waals surface area contributed by atoms with E-state index in [1.165, 1.54) is 18.2 Å². The highest BCUT2D eigenvalue weighted by Gasteiger charge is 2.32. The molecule has 1 unspecified atom stereocenters. The van der Waals surface area contributed by atoms with Gasteiger partial charge in [0.05, 0.1) is 17.0 Å². The van der Waals surface area contributed by atoms with Crippen LogP contribution in [0.4, 0.5) is 20.2 Å². The van der Waals surface area contributed by atoms with Crippen molar-refractivity contribution in [2.24, 2.45) is 0 Å². The summed E-state index contributed by atoms with van der Waals surface area (Å²) in [5.41, 5.74) is -0.390. The summed E-state index contributed by atoms with van der Waals surface area (Å²) in [5, 5.41) is 24.1. The van der Waals surface area contributed by atoms with E-state index >= 15 is 0 Å². The number of anilines is 1. The number of nitrogens with zero attached hydrogens (tertiary/aromatic N) is 2. The van der Waals surface area contributed by atoms with Crippen LogP contribution in [0.1, 0.15) is 38.8 Å². The van der Waals surface area contributed by atoms with Crippen LogP contribution in [0.15, 0.2) is 34.8 Å². The summed E-state index contributed by atoms with van der Waals surface area (Å²) < 4.78 is 43.0. The normalized spacial score (nSPS) is 14.3. The summed E-state index contributed by atoms with van der Waals surface area (Å²) in [6.45, 7) is 5.14. The minimum Gasteiger partial charge on any atom is -0.598 e. The molecule has 2 rings (SSSR count). The Morgan fingerprint density at radius 3 is 2.50 bits per heavy atom. The molecular formula is C20H20BrClF2N4O3S. The third-order valence-corrected chi connectivity index (χ3v) is 6.81. The topological polar surface area (TPSA) is 114 Å². The molecule has 0 spiro atoms. The maximum absolute atomic E-state index is 14.8. The molecule has 0 amide bonds. The molecule has 0 saturated carbocycles. The predicted molar refractivity (Wildman–Crippen MR) is 124 cm³/mol. The number of hydrogen-bond acceptors (Lipinski definition) is 6. The van der Waals surface area contributed by atoms with Crippen molar-refractivity contribution in [1.29, 1.82) is 5.26 Å². The molecule has 0 aromatic heterocycles. The Morgan fingerprint density at radius 2 is 1.97 bits per heavy atom. The Balaban J connectivity index is 2.51. The number of nitro benzene ring substituents is 1. The Hall–Kier alpha value is -1.97. The highest BCUT2D eigenvalue weighted by Crippen LogP contribution is 2.36. The van der Waals surface area contributed by atoms with Crippen molar-refractivity contribution in [2.75, 3.05) is 5.32 Å². The van der Waals surface area contributed by atoms with Gasteiger partial charge in [-0.05, 0) is 39.0 Å². The molecule has 3 atom stereocenters. The van der Waals surface area contributed by atoms with Gasteiger partial charge in [-0.2, -0.15) is 5.26 Å². The van der Waals surface area contributed by atoms with Gasteiger partial charge in [0.25, 0.3) is 5.69 Å². The summed E-state index contributed by atoms with van der Waals surface area (Å²) >= 11 is 7.50. The van der Waals surface area contributed by atoms with Gasteiger partial charge in [0.15, 0.2) is 0 Å². The van der Waals surface area contributed by atoms with Gasteiger partial charge in [0.1, 0.15) is 28.1 Å². The Kier molecular flexibility index (Phi) is 8.84. The second kappa shape index (κ2) is 10.8. The van der Waals surface area contributed by atoms with Gasteiger partial charge in [-0.3, -0.25) is 10.1 Å². The van der Waals surface area contributed by atoms with Gasteiger partial charge in [-0.15, -0.1) is 4.72 Å². The molecule has 12 heteroatoms. The van der Waals surface area contributed by atoms with Gasteiger partial charge >= 0.3 is 0 Å². The molecule has 0 fully saturated rings. The number of nitriles is 1. The van der Waals surface area contributed by atoms with Crippen LogP contribution in [-0.2, 0) is 11.4 Å². The number of benzene rings is 2. The highest BCUT2D eigenvalue weighted by atomic mass is 79.9. The van der Waals surface area contributed by atoms with Crippen LogP contribution < -0.4 is 10.0 Å². The zero-order valence-corrected chi connectivity index (χ0v) is 20.4. The minimum atomic E-state index is -1.61. The second-order valence-corrected chi connectivity index (χ2v) is 11.1. The number of nitrogens with one attached hydrogen (secondary N) is 2. The molecule has 2 aromatic carbocycles. The van der Waals surface area contributed by atoms with Gasteiger partial charge < -0.3 is 9.87 Å². The number of nitro groups is 1. The molecule has 2 aromatic rings. The van der Waals surface area contributed by atoms with E-state index in [9.17, 15) is 28.7 Å². The Bertz CT molecular complexity index is 1030. The maximum Gasteiger partial charge on any atom is 0.292 e. The molecule has 0 aliphatic heterocycles. The Labute approximate surface area is 200 Å². The van der Waals surface area contributed by atoms with Crippen molar-refractivity contribution in [3.05, 3.63) is 67.1 Å². The largest absolute Gasteiger partial charge is 0.598 e. The fourth-order valence-electron chi connectivity index (χ4n) is 2.77. The number of rotatable bonds is 8. The summed E-state index contributed by atoms with van der Waals surface area (Å²) in [5.74, 6) is -1.75. The third kappa shape index (κ3) is 6.76. The van der Waals surface area contributed by atoms with E-state index in [4.69, 9.17) is 11.6 Å². The quantitative estimate of drug-likeness (QED) is 0.245. The lowest BCUT2D eigenvalue weighted by atomic mass is 9.98. The van der Waals surface area contributed by atoms with Gasteiger partial charge in [-0.1, -0.05) is 27.5 Å². The number of hydrogen-bond donors (Lipinski definition) is 2. The highest BCUT2D eigenvalue weighted by molar-refractivity contribution is 9.10. The van der Waals surface area contributed by atoms with Gasteiger partial charge in [-0.25, -0.2) is 8.78 Å². The van der Waals surface area contributed by atoms with Crippen LogP contribution in [-0.4, -0.2) is 20.3 Å². The van der Waals surface area contributed by atoms with Crippen LogP contribution in [0.3, 0.4) is 0 Å². The van der Waals surface area contributed by atoms with Crippen molar-refractivity contribution in [2.45, 2.75) is 44.0 Å². The van der Waals surface area contributed by atoms with E-state index in [1.807, 2.05) is 6.07 Å². The summed E-state index contributed by atoms with van der Waals surface area (Å²) in [4.78, 5) is 10.8. The zero-order valence-electron chi connectivity index (χ0n) is 17.3. The molecule has 172 valence electrons. The van der Waals surface area contributed by atoms with Crippen molar-refractivity contribution in [3.63, 3.8) is 0 Å². The van der Waals surface area contributed by atoms with E-state index in [0.29, 0.717) is 6.07 Å². The van der Waals surface area contributed by atoms with Crippen molar-refractivity contribution < 1.29 is 18.3 Å². The molecule has 0 saturated heterocycles. The van der Waals surface area contributed by atoms with E-state index in [-0.39, 0.29) is 32.9 Å². The maximum atomic E-state index is 14.8. The first-order chi connectivity index (χ1) is 14.8. The van der Waals surface area contributed by atoms with Crippen LogP contribution in [0.25, 0.3) is 0 Å². The molecular weight excluding hydrogens is 530 g/mol. The molecule has 0 radical (unpaired) electrons. The van der Waals surface area contributed by atoms with Crippen LogP contribution in [0, 0.1) is 33.1 Å². The zero-order chi connectivity index (χ0) is 24.2. The standard InChI is InChI=1S/C20H20BrClF2N4O3S/c1-20(2,3)32(31)27-13(10-25)9-17(19-14(21)7-12(23)8-15(19)24)26-16-6-11(22)4-5-18(16)28(29)30/h4-8,13,17,26-27H,9H2,1-3H3/t13-,17-,32?/m1/s1. The lowest BCUT2D eigenvalue weighted by molar-refractivity contribution is -0.384. The molecule has 0 aliphatic carbocycles. The molecule has 0 bridgehead atoms. The van der Waals surface area contributed by atoms with E-state index < -0.39 is 44.8 Å². The van der Waals surface area contributed by atoms with Crippen molar-refractivity contribution in [1.82, 2.24) is 4.72 Å². The van der Waals surface area contributed by atoms with Crippen molar-refractivity contribution >= 4 is 50.3 Å². The second-order valence-electron chi connectivity index (χ2n) is 7.81. The number of halogens is 4. The smallest absolute Gasteiger partial charge is 0.292 e. The monoisotopic (exact) mass is 548 g/mol. The molecule has 32 heavy (non-hydrogen) atoms. The van der Waals surface area contributed by atoms with E-state index in [0.717, 1.165) is 6.07 Å². The molecule has 2 N–H and O–H groups in total.